The molecule has 0 aliphatic carbocycles. The van der Waals surface area contributed by atoms with Crippen molar-refractivity contribution >= 4 is 5.91 Å². The van der Waals surface area contributed by atoms with Crippen LogP contribution in [-0.4, -0.2) is 57.3 Å². The molecule has 5 N–H and O–H groups in total. The molecule has 4 atom stereocenters. The Morgan fingerprint density at radius 2 is 1.05 bits per heavy atom. The van der Waals surface area contributed by atoms with Gasteiger partial charge in [-0.25, -0.2) is 0 Å². The van der Waals surface area contributed by atoms with Gasteiger partial charge in [0.15, 0.2) is 0 Å². The van der Waals surface area contributed by atoms with Crippen LogP contribution in [0.25, 0.3) is 0 Å². The molecular formula is C34H63NO5. The first kappa shape index (κ1) is 38.5. The number of hydrogen-bond donors (Lipinski definition) is 5. The average molecular weight is 566 g/mol. The molecule has 0 aliphatic rings. The van der Waals surface area contributed by atoms with Gasteiger partial charge in [-0.3, -0.25) is 4.79 Å². The van der Waals surface area contributed by atoms with Crippen molar-refractivity contribution in [1.82, 2.24) is 5.32 Å². The Hall–Kier alpha value is -1.47. The molecule has 0 rings (SSSR count). The topological polar surface area (TPSA) is 110 Å². The number of nitrogens with one attached hydrogen (secondary N) is 1. The second-order valence-corrected chi connectivity index (χ2v) is 11.1. The second-order valence-electron chi connectivity index (χ2n) is 11.1. The molecule has 0 bridgehead atoms. The molecule has 0 aliphatic heterocycles. The molecule has 0 fully saturated rings. The van der Waals surface area contributed by atoms with Crippen LogP contribution >= 0.6 is 0 Å². The summed E-state index contributed by atoms with van der Waals surface area (Å²) >= 11 is 0. The molecule has 6 nitrogen and oxygen atoms in total. The van der Waals surface area contributed by atoms with Gasteiger partial charge in [0, 0.05) is 0 Å². The Morgan fingerprint density at radius 1 is 0.600 bits per heavy atom. The number of aliphatic hydroxyl groups is 4. The minimum atomic E-state index is -1.29. The lowest BCUT2D eigenvalue weighted by atomic mass is 10.00. The van der Waals surface area contributed by atoms with Crippen LogP contribution < -0.4 is 5.32 Å². The van der Waals surface area contributed by atoms with Gasteiger partial charge < -0.3 is 25.7 Å². The van der Waals surface area contributed by atoms with Crippen LogP contribution in [0.5, 0.6) is 0 Å². The number of allylic oxidation sites excluding steroid dienone is 6. The summed E-state index contributed by atoms with van der Waals surface area (Å²) in [5, 5.41) is 43.1. The summed E-state index contributed by atoms with van der Waals surface area (Å²) in [5.74, 6) is -0.613. The highest BCUT2D eigenvalue weighted by atomic mass is 16.3. The Kier molecular flexibility index (Phi) is 28.0. The molecule has 40 heavy (non-hydrogen) atoms. The lowest BCUT2D eigenvalue weighted by Crippen LogP contribution is -2.53. The summed E-state index contributed by atoms with van der Waals surface area (Å²) < 4.78 is 0. The van der Waals surface area contributed by atoms with Gasteiger partial charge in [-0.15, -0.1) is 0 Å². The normalized spacial score (nSPS) is 15.2. The predicted octanol–water partition coefficient (Wildman–Crippen LogP) is 7.06. The second kappa shape index (κ2) is 29.0. The summed E-state index contributed by atoms with van der Waals surface area (Å²) in [6.45, 7) is 3.93. The Morgan fingerprint density at radius 3 is 1.60 bits per heavy atom. The molecule has 0 heterocycles. The molecule has 0 aromatic heterocycles. The lowest BCUT2D eigenvalue weighted by molar-refractivity contribution is -0.132. The number of hydrogen-bond acceptors (Lipinski definition) is 5. The van der Waals surface area contributed by atoms with E-state index in [0.29, 0.717) is 19.3 Å². The van der Waals surface area contributed by atoms with Gasteiger partial charge >= 0.3 is 0 Å². The first-order valence-corrected chi connectivity index (χ1v) is 16.4. The van der Waals surface area contributed by atoms with Crippen LogP contribution in [0.15, 0.2) is 36.5 Å². The Bertz CT molecular complexity index is 648. The van der Waals surface area contributed by atoms with Gasteiger partial charge in [-0.05, 0) is 77.0 Å². The molecule has 234 valence electrons. The zero-order valence-electron chi connectivity index (χ0n) is 25.8. The number of rotatable bonds is 28. The van der Waals surface area contributed by atoms with E-state index >= 15 is 0 Å². The van der Waals surface area contributed by atoms with Gasteiger partial charge in [0.1, 0.15) is 12.2 Å². The van der Waals surface area contributed by atoms with Gasteiger partial charge in [-0.2, -0.15) is 0 Å². The van der Waals surface area contributed by atoms with Crippen molar-refractivity contribution in [1.29, 1.82) is 0 Å². The molecule has 1 amide bonds. The molecule has 0 aromatic rings. The van der Waals surface area contributed by atoms with Crippen molar-refractivity contribution in [2.24, 2.45) is 0 Å². The highest BCUT2D eigenvalue weighted by Crippen LogP contribution is 2.12. The first-order chi connectivity index (χ1) is 19.5. The summed E-state index contributed by atoms with van der Waals surface area (Å²) in [4.78, 5) is 12.4. The van der Waals surface area contributed by atoms with E-state index in [-0.39, 0.29) is 0 Å². The molecule has 0 spiro atoms. The van der Waals surface area contributed by atoms with E-state index in [1.54, 1.807) is 0 Å². The third-order valence-electron chi connectivity index (χ3n) is 7.30. The highest BCUT2D eigenvalue weighted by Gasteiger charge is 2.28. The fourth-order valence-corrected chi connectivity index (χ4v) is 4.59. The minimum Gasteiger partial charge on any atom is -0.394 e. The third kappa shape index (κ3) is 23.3. The molecular weight excluding hydrogens is 502 g/mol. The van der Waals surface area contributed by atoms with E-state index in [9.17, 15) is 25.2 Å². The van der Waals surface area contributed by atoms with Crippen molar-refractivity contribution in [3.8, 4) is 0 Å². The number of carbonyl (C=O) groups is 1. The number of unbranched alkanes of at least 4 members (excludes halogenated alkanes) is 13. The van der Waals surface area contributed by atoms with E-state index in [0.717, 1.165) is 64.2 Å². The highest BCUT2D eigenvalue weighted by molar-refractivity contribution is 5.80. The van der Waals surface area contributed by atoms with Crippen LogP contribution in [0, 0.1) is 0 Å². The lowest BCUT2D eigenvalue weighted by Gasteiger charge is -2.27. The number of carbonyl (C=O) groups excluding carboxylic acids is 1. The van der Waals surface area contributed by atoms with Gasteiger partial charge in [0.25, 0.3) is 0 Å². The number of amides is 1. The molecule has 0 aromatic carbocycles. The van der Waals surface area contributed by atoms with Crippen molar-refractivity contribution in [3.05, 3.63) is 36.5 Å². The van der Waals surface area contributed by atoms with Crippen LogP contribution in [0.2, 0.25) is 0 Å². The predicted molar refractivity (Wildman–Crippen MR) is 168 cm³/mol. The Labute approximate surface area is 246 Å². The minimum absolute atomic E-state index is 0.344. The van der Waals surface area contributed by atoms with Crippen LogP contribution in [0.4, 0.5) is 0 Å². The van der Waals surface area contributed by atoms with E-state index < -0.39 is 36.9 Å². The van der Waals surface area contributed by atoms with Crippen molar-refractivity contribution in [2.45, 2.75) is 167 Å². The molecule has 0 saturated heterocycles. The molecule has 4 unspecified atom stereocenters. The van der Waals surface area contributed by atoms with Gasteiger partial charge in [0.05, 0.1) is 18.8 Å². The fraction of sp³-hybridized carbons (Fsp3) is 0.794. The zero-order valence-corrected chi connectivity index (χ0v) is 25.8. The molecule has 0 radical (unpaired) electrons. The Balaban J connectivity index is 4.00. The van der Waals surface area contributed by atoms with E-state index in [2.05, 4.69) is 55.6 Å². The van der Waals surface area contributed by atoms with Crippen LogP contribution in [0.1, 0.15) is 142 Å². The van der Waals surface area contributed by atoms with Gasteiger partial charge in [-0.1, -0.05) is 102 Å². The standard InChI is InChI=1S/C34H63NO5/c1-3-5-7-9-11-13-15-16-18-19-21-23-25-27-31(37)33(39)30(29-36)35-34(40)32(38)28-26-24-22-20-17-14-12-10-8-6-4-2/h12-15,19,21,30-33,36-39H,3-11,16-18,20,22-29H2,1-2H3,(H,35,40)/b14-12-,15-13+,21-19+. The first-order valence-electron chi connectivity index (χ1n) is 16.4. The monoisotopic (exact) mass is 565 g/mol. The van der Waals surface area contributed by atoms with E-state index in [1.165, 1.54) is 44.9 Å². The quantitative estimate of drug-likeness (QED) is 0.0515. The maximum absolute atomic E-state index is 12.4. The van der Waals surface area contributed by atoms with E-state index in [4.69, 9.17) is 0 Å². The maximum Gasteiger partial charge on any atom is 0.249 e. The summed E-state index contributed by atoms with van der Waals surface area (Å²) in [6.07, 6.45) is 30.2. The van der Waals surface area contributed by atoms with Crippen molar-refractivity contribution in [3.63, 3.8) is 0 Å². The van der Waals surface area contributed by atoms with Crippen molar-refractivity contribution in [2.75, 3.05) is 6.61 Å². The fourth-order valence-electron chi connectivity index (χ4n) is 4.59. The van der Waals surface area contributed by atoms with Gasteiger partial charge in [0.2, 0.25) is 5.91 Å². The summed E-state index contributed by atoms with van der Waals surface area (Å²) in [6, 6.07) is -1.01. The third-order valence-corrected chi connectivity index (χ3v) is 7.30. The maximum atomic E-state index is 12.4. The summed E-state index contributed by atoms with van der Waals surface area (Å²) in [7, 11) is 0. The van der Waals surface area contributed by atoms with E-state index in [1.807, 2.05) is 0 Å². The van der Waals surface area contributed by atoms with Crippen molar-refractivity contribution < 1.29 is 25.2 Å². The smallest absolute Gasteiger partial charge is 0.249 e. The zero-order chi connectivity index (χ0) is 29.7. The molecule has 6 heteroatoms. The van der Waals surface area contributed by atoms with Crippen LogP contribution in [-0.2, 0) is 4.79 Å². The average Bonchev–Trinajstić information content (AvgIpc) is 2.96. The molecule has 0 saturated carbocycles. The summed E-state index contributed by atoms with van der Waals surface area (Å²) in [5.41, 5.74) is 0. The largest absolute Gasteiger partial charge is 0.394 e. The number of aliphatic hydroxyl groups excluding tert-OH is 4. The SMILES string of the molecule is CCCCC/C=C\CCCCCCC(O)C(=O)NC(CO)C(O)C(O)CCC/C=C/CC/C=C/CCCCCC. The van der Waals surface area contributed by atoms with Crippen LogP contribution in [0.3, 0.4) is 0 Å².